The lowest BCUT2D eigenvalue weighted by Gasteiger charge is -2.06. The van der Waals surface area contributed by atoms with Crippen molar-refractivity contribution in [2.75, 3.05) is 7.11 Å². The van der Waals surface area contributed by atoms with E-state index >= 15 is 0 Å². The first-order chi connectivity index (χ1) is 5.24. The molecule has 7 heteroatoms. The first kappa shape index (κ1) is 8.44. The summed E-state index contributed by atoms with van der Waals surface area (Å²) in [5.74, 6) is 0. The van der Waals surface area contributed by atoms with E-state index in [-0.39, 0.29) is 6.54 Å². The number of ether oxygens (including phenoxy) is 1. The van der Waals surface area contributed by atoms with Crippen LogP contribution in [0, 0.1) is 0 Å². The van der Waals surface area contributed by atoms with Crippen LogP contribution < -0.4 is 0 Å². The lowest BCUT2D eigenvalue weighted by molar-refractivity contribution is -0.0868. The average molecular weight is 176 g/mol. The zero-order valence-electron chi connectivity index (χ0n) is 5.88. The van der Waals surface area contributed by atoms with Crippen molar-refractivity contribution in [3.05, 3.63) is 0 Å². The van der Waals surface area contributed by atoms with Gasteiger partial charge in [-0.15, -0.1) is 17.7 Å². The Morgan fingerprint density at radius 1 is 1.82 bits per heavy atom. The number of hydrogen-bond donors (Lipinski definition) is 2. The molecule has 0 saturated heterocycles. The molecular weight excluding hydrogens is 168 g/mol. The molecule has 1 aromatic rings. The second-order valence-corrected chi connectivity index (χ2v) is 2.25. The van der Waals surface area contributed by atoms with Crippen LogP contribution in [0.25, 0.3) is 0 Å². The van der Waals surface area contributed by atoms with E-state index in [1.54, 1.807) is 0 Å². The van der Waals surface area contributed by atoms with Crippen molar-refractivity contribution in [2.24, 2.45) is 0 Å². The number of aliphatic hydroxyl groups is 1. The van der Waals surface area contributed by atoms with E-state index in [1.165, 1.54) is 11.8 Å². The zero-order valence-corrected chi connectivity index (χ0v) is 6.77. The minimum atomic E-state index is -0.899. The summed E-state index contributed by atoms with van der Waals surface area (Å²) in [6.07, 6.45) is -0.899. The Labute approximate surface area is 68.6 Å². The fourth-order valence-corrected chi connectivity index (χ4v) is 0.702. The van der Waals surface area contributed by atoms with E-state index in [2.05, 4.69) is 32.9 Å². The molecule has 1 N–H and O–H groups in total. The average Bonchev–Trinajstić information content (AvgIpc) is 2.37. The Kier molecular flexibility index (Phi) is 2.80. The lowest BCUT2D eigenvalue weighted by Crippen LogP contribution is -2.18. The van der Waals surface area contributed by atoms with E-state index in [1.807, 2.05) is 0 Å². The maximum Gasteiger partial charge on any atom is 0.206 e. The van der Waals surface area contributed by atoms with E-state index in [4.69, 9.17) is 5.11 Å². The van der Waals surface area contributed by atoms with Gasteiger partial charge in [-0.1, -0.05) is 0 Å². The van der Waals surface area contributed by atoms with Gasteiger partial charge in [0.05, 0.1) is 6.54 Å². The highest BCUT2D eigenvalue weighted by Crippen LogP contribution is 1.98. The Morgan fingerprint density at radius 3 is 3.00 bits per heavy atom. The quantitative estimate of drug-likeness (QED) is 0.453. The van der Waals surface area contributed by atoms with Crippen LogP contribution >= 0.6 is 12.6 Å². The van der Waals surface area contributed by atoms with Gasteiger partial charge < -0.3 is 9.84 Å². The summed E-state index contributed by atoms with van der Waals surface area (Å²) in [4.78, 5) is 0. The van der Waals surface area contributed by atoms with E-state index in [0.29, 0.717) is 5.16 Å². The van der Waals surface area contributed by atoms with Crippen LogP contribution in [0.2, 0.25) is 0 Å². The Bertz CT molecular complexity index is 228. The van der Waals surface area contributed by atoms with Crippen molar-refractivity contribution in [1.29, 1.82) is 0 Å². The van der Waals surface area contributed by atoms with Crippen LogP contribution in [0.5, 0.6) is 0 Å². The fourth-order valence-electron chi connectivity index (χ4n) is 0.541. The highest BCUT2D eigenvalue weighted by atomic mass is 32.1. The standard InChI is InChI=1S/C4H8N4O2S/c1-10-3(9)2-8-4(11)5-6-7-8/h3,9H,2H2,1H3,(H,5,7,11). The SMILES string of the molecule is COC(O)Cn1nnnc1S. The number of nitrogens with zero attached hydrogens (tertiary/aromatic N) is 4. The van der Waals surface area contributed by atoms with E-state index in [0.717, 1.165) is 0 Å². The summed E-state index contributed by atoms with van der Waals surface area (Å²) < 4.78 is 5.91. The molecule has 0 aliphatic rings. The Hall–Kier alpha value is -0.660. The number of thiol groups is 1. The Morgan fingerprint density at radius 2 is 2.55 bits per heavy atom. The smallest absolute Gasteiger partial charge is 0.206 e. The molecule has 6 nitrogen and oxygen atoms in total. The van der Waals surface area contributed by atoms with Crippen LogP contribution in [-0.4, -0.2) is 38.7 Å². The van der Waals surface area contributed by atoms with Gasteiger partial charge in [0.25, 0.3) is 0 Å². The van der Waals surface area contributed by atoms with Crippen LogP contribution in [0.1, 0.15) is 0 Å². The summed E-state index contributed by atoms with van der Waals surface area (Å²) in [6, 6.07) is 0. The van der Waals surface area contributed by atoms with Crippen LogP contribution in [0.15, 0.2) is 5.16 Å². The Balaban J connectivity index is 2.56. The molecule has 1 heterocycles. The maximum absolute atomic E-state index is 8.98. The van der Waals surface area contributed by atoms with Crippen molar-refractivity contribution >= 4 is 12.6 Å². The molecule has 0 spiro atoms. The number of aliphatic hydroxyl groups excluding tert-OH is 1. The largest absolute Gasteiger partial charge is 0.366 e. The molecule has 11 heavy (non-hydrogen) atoms. The zero-order chi connectivity index (χ0) is 8.27. The molecule has 0 aliphatic carbocycles. The molecule has 62 valence electrons. The van der Waals surface area contributed by atoms with E-state index < -0.39 is 6.29 Å². The minimum Gasteiger partial charge on any atom is -0.366 e. The predicted octanol–water partition coefficient (Wildman–Crippen LogP) is -1.07. The van der Waals surface area contributed by atoms with Crippen molar-refractivity contribution in [3.63, 3.8) is 0 Å². The third-order valence-corrected chi connectivity index (χ3v) is 1.43. The molecule has 0 bridgehead atoms. The van der Waals surface area contributed by atoms with Gasteiger partial charge in [0.15, 0.2) is 6.29 Å². The summed E-state index contributed by atoms with van der Waals surface area (Å²) in [6.45, 7) is 0.183. The molecule has 0 fully saturated rings. The number of aromatic nitrogens is 4. The highest BCUT2D eigenvalue weighted by molar-refractivity contribution is 7.80. The molecule has 0 saturated carbocycles. The third kappa shape index (κ3) is 2.14. The lowest BCUT2D eigenvalue weighted by atomic mass is 10.6. The van der Waals surface area contributed by atoms with Crippen molar-refractivity contribution in [3.8, 4) is 0 Å². The predicted molar refractivity (Wildman–Crippen MR) is 38.1 cm³/mol. The second kappa shape index (κ2) is 3.65. The first-order valence-corrected chi connectivity index (χ1v) is 3.34. The van der Waals surface area contributed by atoms with Gasteiger partial charge in [0.1, 0.15) is 0 Å². The monoisotopic (exact) mass is 176 g/mol. The molecular formula is C4H8N4O2S. The second-order valence-electron chi connectivity index (χ2n) is 1.85. The molecule has 1 unspecified atom stereocenters. The fraction of sp³-hybridized carbons (Fsp3) is 0.750. The van der Waals surface area contributed by atoms with Crippen LogP contribution in [0.3, 0.4) is 0 Å². The van der Waals surface area contributed by atoms with E-state index in [9.17, 15) is 0 Å². The molecule has 1 atom stereocenters. The molecule has 0 aliphatic heterocycles. The minimum absolute atomic E-state index is 0.183. The summed E-state index contributed by atoms with van der Waals surface area (Å²) in [5.41, 5.74) is 0. The summed E-state index contributed by atoms with van der Waals surface area (Å²) >= 11 is 3.92. The van der Waals surface area contributed by atoms with Gasteiger partial charge >= 0.3 is 0 Å². The van der Waals surface area contributed by atoms with Gasteiger partial charge in [-0.05, 0) is 10.4 Å². The van der Waals surface area contributed by atoms with Crippen molar-refractivity contribution < 1.29 is 9.84 Å². The molecule has 1 aromatic heterocycles. The van der Waals surface area contributed by atoms with Gasteiger partial charge in [0, 0.05) is 7.11 Å². The number of hydrogen-bond acceptors (Lipinski definition) is 6. The van der Waals surface area contributed by atoms with Crippen LogP contribution in [0.4, 0.5) is 0 Å². The highest BCUT2D eigenvalue weighted by Gasteiger charge is 2.06. The maximum atomic E-state index is 8.98. The summed E-state index contributed by atoms with van der Waals surface area (Å²) in [5, 5.41) is 19.7. The van der Waals surface area contributed by atoms with Gasteiger partial charge in [-0.3, -0.25) is 0 Å². The normalized spacial score (nSPS) is 13.4. The molecule has 0 radical (unpaired) electrons. The molecule has 0 amide bonds. The topological polar surface area (TPSA) is 73.1 Å². The first-order valence-electron chi connectivity index (χ1n) is 2.90. The third-order valence-electron chi connectivity index (χ3n) is 1.11. The van der Waals surface area contributed by atoms with Gasteiger partial charge in [-0.2, -0.15) is 0 Å². The summed E-state index contributed by atoms with van der Waals surface area (Å²) in [7, 11) is 1.40. The number of methoxy groups -OCH3 is 1. The molecule has 1 rings (SSSR count). The van der Waals surface area contributed by atoms with Gasteiger partial charge in [0.2, 0.25) is 5.16 Å². The van der Waals surface area contributed by atoms with Crippen molar-refractivity contribution in [1.82, 2.24) is 20.2 Å². The number of tetrazole rings is 1. The van der Waals surface area contributed by atoms with Crippen molar-refractivity contribution in [2.45, 2.75) is 18.0 Å². The molecule has 0 aromatic carbocycles. The van der Waals surface area contributed by atoms with Gasteiger partial charge in [-0.25, -0.2) is 4.68 Å². The van der Waals surface area contributed by atoms with Crippen LogP contribution in [-0.2, 0) is 11.3 Å². The number of rotatable bonds is 3.